The Morgan fingerprint density at radius 1 is 1.04 bits per heavy atom. The van der Waals surface area contributed by atoms with Crippen LogP contribution in [0, 0.1) is 11.3 Å². The molecular formula is C19H11Cl2NO3S. The SMILES string of the molecule is N#CC(=Cc1ccc(-c2cc(Cl)ccc2Cl)o1)S(=O)(=O)c1ccccc1. The van der Waals surface area contributed by atoms with Gasteiger partial charge in [0.15, 0.2) is 4.91 Å². The second kappa shape index (κ2) is 7.38. The zero-order valence-corrected chi connectivity index (χ0v) is 15.5. The lowest BCUT2D eigenvalue weighted by Gasteiger charge is -2.02. The monoisotopic (exact) mass is 403 g/mol. The van der Waals surface area contributed by atoms with Gasteiger partial charge in [-0.1, -0.05) is 41.4 Å². The molecule has 0 N–H and O–H groups in total. The predicted molar refractivity (Wildman–Crippen MR) is 101 cm³/mol. The van der Waals surface area contributed by atoms with E-state index < -0.39 is 14.7 Å². The molecule has 3 aromatic rings. The van der Waals surface area contributed by atoms with Crippen LogP contribution in [0.15, 0.2) is 74.9 Å². The highest BCUT2D eigenvalue weighted by Crippen LogP contribution is 2.32. The third kappa shape index (κ3) is 3.68. The molecule has 0 saturated heterocycles. The van der Waals surface area contributed by atoms with Crippen molar-refractivity contribution >= 4 is 39.1 Å². The van der Waals surface area contributed by atoms with E-state index in [4.69, 9.17) is 27.6 Å². The molecule has 0 unspecified atom stereocenters. The normalized spacial score (nSPS) is 12.0. The standard InChI is InChI=1S/C19H11Cl2NO3S/c20-13-6-8-18(21)17(10-13)19-9-7-14(25-19)11-16(12-22)26(23,24)15-4-2-1-3-5-15/h1-11H. The lowest BCUT2D eigenvalue weighted by molar-refractivity contribution is 0.571. The van der Waals surface area contributed by atoms with Crippen molar-refractivity contribution in [2.75, 3.05) is 0 Å². The van der Waals surface area contributed by atoms with Crippen molar-refractivity contribution < 1.29 is 12.8 Å². The summed E-state index contributed by atoms with van der Waals surface area (Å²) in [6, 6.07) is 17.6. The summed E-state index contributed by atoms with van der Waals surface area (Å²) in [5.74, 6) is 0.630. The van der Waals surface area contributed by atoms with Gasteiger partial charge in [0.25, 0.3) is 0 Å². The van der Waals surface area contributed by atoms with Crippen LogP contribution < -0.4 is 0 Å². The number of rotatable bonds is 4. The van der Waals surface area contributed by atoms with Crippen molar-refractivity contribution in [1.29, 1.82) is 5.26 Å². The maximum atomic E-state index is 12.6. The van der Waals surface area contributed by atoms with E-state index in [1.54, 1.807) is 54.6 Å². The summed E-state index contributed by atoms with van der Waals surface area (Å²) in [5.41, 5.74) is 0.572. The van der Waals surface area contributed by atoms with Crippen molar-refractivity contribution in [3.8, 4) is 17.4 Å². The Balaban J connectivity index is 2.01. The Morgan fingerprint density at radius 2 is 1.77 bits per heavy atom. The predicted octanol–water partition coefficient (Wildman–Crippen LogP) is 5.59. The fourth-order valence-electron chi connectivity index (χ4n) is 2.29. The summed E-state index contributed by atoms with van der Waals surface area (Å²) in [6.07, 6.45) is 1.18. The van der Waals surface area contributed by atoms with Crippen LogP contribution in [0.2, 0.25) is 10.0 Å². The average molecular weight is 404 g/mol. The molecule has 0 atom stereocenters. The van der Waals surface area contributed by atoms with Crippen molar-refractivity contribution in [3.63, 3.8) is 0 Å². The van der Waals surface area contributed by atoms with Crippen LogP contribution in [0.5, 0.6) is 0 Å². The van der Waals surface area contributed by atoms with Gasteiger partial charge in [0.2, 0.25) is 9.84 Å². The fraction of sp³-hybridized carbons (Fsp3) is 0. The number of benzene rings is 2. The summed E-state index contributed by atoms with van der Waals surface area (Å²) < 4.78 is 30.8. The second-order valence-corrected chi connectivity index (χ2v) is 8.02. The topological polar surface area (TPSA) is 71.1 Å². The lowest BCUT2D eigenvalue weighted by atomic mass is 10.2. The van der Waals surface area contributed by atoms with Gasteiger partial charge in [0.1, 0.15) is 17.6 Å². The Morgan fingerprint density at radius 3 is 2.46 bits per heavy atom. The summed E-state index contributed by atoms with van der Waals surface area (Å²) in [4.78, 5) is -0.376. The van der Waals surface area contributed by atoms with E-state index in [2.05, 4.69) is 0 Å². The molecule has 1 aromatic heterocycles. The molecule has 0 aliphatic heterocycles. The third-order valence-corrected chi connectivity index (χ3v) is 5.79. The molecule has 26 heavy (non-hydrogen) atoms. The summed E-state index contributed by atoms with van der Waals surface area (Å²) in [6.45, 7) is 0. The molecule has 0 aliphatic carbocycles. The van der Waals surface area contributed by atoms with E-state index in [-0.39, 0.29) is 10.7 Å². The first kappa shape index (κ1) is 18.3. The number of halogens is 2. The van der Waals surface area contributed by atoms with E-state index in [9.17, 15) is 13.7 Å². The Hall–Kier alpha value is -2.52. The fourth-order valence-corrected chi connectivity index (χ4v) is 3.83. The summed E-state index contributed by atoms with van der Waals surface area (Å²) in [5, 5.41) is 10.2. The van der Waals surface area contributed by atoms with Crippen molar-refractivity contribution in [2.24, 2.45) is 0 Å². The number of nitriles is 1. The molecule has 0 aliphatic rings. The quantitative estimate of drug-likeness (QED) is 0.532. The van der Waals surface area contributed by atoms with E-state index in [0.29, 0.717) is 21.4 Å². The zero-order chi connectivity index (χ0) is 18.7. The average Bonchev–Trinajstić information content (AvgIpc) is 3.10. The molecule has 2 aromatic carbocycles. The zero-order valence-electron chi connectivity index (χ0n) is 13.2. The van der Waals surface area contributed by atoms with Crippen LogP contribution in [-0.4, -0.2) is 8.42 Å². The van der Waals surface area contributed by atoms with Gasteiger partial charge in [-0.2, -0.15) is 5.26 Å². The van der Waals surface area contributed by atoms with Gasteiger partial charge in [-0.25, -0.2) is 8.42 Å². The van der Waals surface area contributed by atoms with Crippen molar-refractivity contribution in [3.05, 3.63) is 81.4 Å². The first-order chi connectivity index (χ1) is 12.4. The molecule has 3 rings (SSSR count). The van der Waals surface area contributed by atoms with E-state index >= 15 is 0 Å². The number of hydrogen-bond donors (Lipinski definition) is 0. The maximum Gasteiger partial charge on any atom is 0.216 e. The van der Waals surface area contributed by atoms with Gasteiger partial charge in [-0.05, 0) is 42.5 Å². The molecule has 0 bridgehead atoms. The Kier molecular flexibility index (Phi) is 5.19. The van der Waals surface area contributed by atoms with Gasteiger partial charge in [0, 0.05) is 16.7 Å². The van der Waals surface area contributed by atoms with E-state index in [1.165, 1.54) is 18.2 Å². The number of nitrogens with zero attached hydrogens (tertiary/aromatic N) is 1. The first-order valence-corrected chi connectivity index (χ1v) is 9.63. The van der Waals surface area contributed by atoms with Gasteiger partial charge in [-0.15, -0.1) is 0 Å². The van der Waals surface area contributed by atoms with Crippen LogP contribution >= 0.6 is 23.2 Å². The Labute approximate surface area is 160 Å². The van der Waals surface area contributed by atoms with Crippen LogP contribution in [0.25, 0.3) is 17.4 Å². The highest BCUT2D eigenvalue weighted by molar-refractivity contribution is 7.95. The lowest BCUT2D eigenvalue weighted by Crippen LogP contribution is -2.03. The molecule has 0 radical (unpaired) electrons. The minimum absolute atomic E-state index is 0.0393. The van der Waals surface area contributed by atoms with Crippen molar-refractivity contribution in [2.45, 2.75) is 4.90 Å². The highest BCUT2D eigenvalue weighted by Gasteiger charge is 2.21. The van der Waals surface area contributed by atoms with Crippen LogP contribution in [0.1, 0.15) is 5.76 Å². The first-order valence-electron chi connectivity index (χ1n) is 7.39. The molecule has 1 heterocycles. The molecular weight excluding hydrogens is 393 g/mol. The molecule has 130 valence electrons. The molecule has 0 fully saturated rings. The molecule has 7 heteroatoms. The minimum atomic E-state index is -3.93. The number of allylic oxidation sites excluding steroid dienone is 1. The maximum absolute atomic E-state index is 12.6. The second-order valence-electron chi connectivity index (χ2n) is 5.26. The molecule has 0 amide bonds. The highest BCUT2D eigenvalue weighted by atomic mass is 35.5. The minimum Gasteiger partial charge on any atom is -0.457 e. The largest absolute Gasteiger partial charge is 0.457 e. The number of hydrogen-bond acceptors (Lipinski definition) is 4. The molecule has 0 spiro atoms. The number of sulfone groups is 1. The van der Waals surface area contributed by atoms with E-state index in [1.807, 2.05) is 0 Å². The summed E-state index contributed by atoms with van der Waals surface area (Å²) >= 11 is 12.1. The number of furan rings is 1. The van der Waals surface area contributed by atoms with Crippen LogP contribution in [0.4, 0.5) is 0 Å². The van der Waals surface area contributed by atoms with E-state index in [0.717, 1.165) is 0 Å². The molecule has 4 nitrogen and oxygen atoms in total. The van der Waals surface area contributed by atoms with Gasteiger partial charge >= 0.3 is 0 Å². The third-order valence-electron chi connectivity index (χ3n) is 3.55. The smallest absolute Gasteiger partial charge is 0.216 e. The van der Waals surface area contributed by atoms with Crippen LogP contribution in [-0.2, 0) is 9.84 Å². The summed E-state index contributed by atoms with van der Waals surface area (Å²) in [7, 11) is -3.93. The van der Waals surface area contributed by atoms with Gasteiger partial charge in [0.05, 0.1) is 9.92 Å². The van der Waals surface area contributed by atoms with Gasteiger partial charge in [-0.3, -0.25) is 0 Å². The Bertz CT molecular complexity index is 1130. The van der Waals surface area contributed by atoms with Crippen LogP contribution in [0.3, 0.4) is 0 Å². The van der Waals surface area contributed by atoms with Gasteiger partial charge < -0.3 is 4.42 Å². The molecule has 0 saturated carbocycles. The van der Waals surface area contributed by atoms with Crippen molar-refractivity contribution in [1.82, 2.24) is 0 Å².